The van der Waals surface area contributed by atoms with Crippen LogP contribution in [0.2, 0.25) is 0 Å². The third-order valence-corrected chi connectivity index (χ3v) is 5.39. The fraction of sp³-hybridized carbons (Fsp3) is 0.200. The zero-order chi connectivity index (χ0) is 23.2. The number of amides is 2. The lowest BCUT2D eigenvalue weighted by atomic mass is 10.1. The van der Waals surface area contributed by atoms with Gasteiger partial charge in [-0.1, -0.05) is 43.3 Å². The van der Waals surface area contributed by atoms with Crippen molar-refractivity contribution in [2.45, 2.75) is 32.9 Å². The molecule has 2 aromatic carbocycles. The normalized spacial score (nSPS) is 11.7. The highest BCUT2D eigenvalue weighted by atomic mass is 16.2. The molecule has 0 radical (unpaired) electrons. The molecule has 0 aliphatic heterocycles. The van der Waals surface area contributed by atoms with E-state index >= 15 is 0 Å². The quantitative estimate of drug-likeness (QED) is 0.429. The van der Waals surface area contributed by atoms with Crippen molar-refractivity contribution in [1.29, 1.82) is 0 Å². The zero-order valence-corrected chi connectivity index (χ0v) is 18.6. The monoisotopic (exact) mass is 442 g/mol. The van der Waals surface area contributed by atoms with Crippen LogP contribution >= 0.6 is 0 Å². The van der Waals surface area contributed by atoms with E-state index in [0.717, 1.165) is 11.3 Å². The molecule has 4 aromatic rings. The highest BCUT2D eigenvalue weighted by molar-refractivity contribution is 6.05. The summed E-state index contributed by atoms with van der Waals surface area (Å²) in [6.45, 7) is 4.38. The van der Waals surface area contributed by atoms with E-state index in [4.69, 9.17) is 0 Å². The number of anilines is 2. The Bertz CT molecular complexity index is 1230. The molecule has 0 saturated heterocycles. The van der Waals surface area contributed by atoms with Crippen molar-refractivity contribution in [3.8, 4) is 0 Å². The first kappa shape index (κ1) is 22.0. The fourth-order valence-electron chi connectivity index (χ4n) is 3.62. The Morgan fingerprint density at radius 1 is 0.970 bits per heavy atom. The third-order valence-electron chi connectivity index (χ3n) is 5.39. The Balaban J connectivity index is 1.45. The minimum Gasteiger partial charge on any atom is -0.324 e. The standard InChI is InChI=1S/C25H26N6O2/c1-3-23-22(16-27-31(23)17-19-9-5-4-6-10-19)25(33)29-21-12-7-11-20(15-21)28-24(32)18(2)30-14-8-13-26-30/h4-16,18H,3,17H2,1-2H3,(H,28,32)(H,29,33). The van der Waals surface area contributed by atoms with E-state index in [0.29, 0.717) is 29.9 Å². The maximum absolute atomic E-state index is 13.0. The number of carbonyl (C=O) groups is 2. The van der Waals surface area contributed by atoms with Gasteiger partial charge < -0.3 is 10.6 Å². The molecular formula is C25H26N6O2. The topological polar surface area (TPSA) is 93.8 Å². The van der Waals surface area contributed by atoms with Crippen LogP contribution in [-0.2, 0) is 17.8 Å². The van der Waals surface area contributed by atoms with Crippen LogP contribution in [0.5, 0.6) is 0 Å². The largest absolute Gasteiger partial charge is 0.324 e. The average Bonchev–Trinajstić information content (AvgIpc) is 3.49. The van der Waals surface area contributed by atoms with Gasteiger partial charge in [-0.05, 0) is 43.2 Å². The Hall–Kier alpha value is -4.20. The van der Waals surface area contributed by atoms with Crippen LogP contribution in [0.4, 0.5) is 11.4 Å². The summed E-state index contributed by atoms with van der Waals surface area (Å²) in [4.78, 5) is 25.5. The van der Waals surface area contributed by atoms with Crippen LogP contribution in [0.15, 0.2) is 79.3 Å². The molecule has 0 fully saturated rings. The van der Waals surface area contributed by atoms with Crippen molar-refractivity contribution in [3.05, 3.63) is 96.1 Å². The van der Waals surface area contributed by atoms with E-state index in [2.05, 4.69) is 20.8 Å². The van der Waals surface area contributed by atoms with E-state index < -0.39 is 6.04 Å². The van der Waals surface area contributed by atoms with Gasteiger partial charge >= 0.3 is 0 Å². The summed E-state index contributed by atoms with van der Waals surface area (Å²) < 4.78 is 3.44. The number of carbonyl (C=O) groups excluding carboxylic acids is 2. The van der Waals surface area contributed by atoms with Crippen molar-refractivity contribution < 1.29 is 9.59 Å². The Kier molecular flexibility index (Phi) is 6.64. The Morgan fingerprint density at radius 3 is 2.42 bits per heavy atom. The van der Waals surface area contributed by atoms with Crippen molar-refractivity contribution in [2.24, 2.45) is 0 Å². The van der Waals surface area contributed by atoms with Crippen LogP contribution in [-0.4, -0.2) is 31.4 Å². The van der Waals surface area contributed by atoms with Crippen molar-refractivity contribution in [2.75, 3.05) is 10.6 Å². The molecule has 0 bridgehead atoms. The number of nitrogens with one attached hydrogen (secondary N) is 2. The van der Waals surface area contributed by atoms with Crippen LogP contribution in [0.3, 0.4) is 0 Å². The maximum Gasteiger partial charge on any atom is 0.259 e. The third kappa shape index (κ3) is 5.17. The lowest BCUT2D eigenvalue weighted by molar-refractivity contribution is -0.119. The Labute approximate surface area is 192 Å². The minimum absolute atomic E-state index is 0.197. The average molecular weight is 443 g/mol. The van der Waals surface area contributed by atoms with Gasteiger partial charge in [0.15, 0.2) is 0 Å². The second kappa shape index (κ2) is 9.95. The van der Waals surface area contributed by atoms with Gasteiger partial charge in [-0.2, -0.15) is 10.2 Å². The second-order valence-corrected chi connectivity index (χ2v) is 7.69. The molecule has 2 N–H and O–H groups in total. The molecule has 8 heteroatoms. The summed E-state index contributed by atoms with van der Waals surface area (Å²) in [5, 5.41) is 14.3. The summed E-state index contributed by atoms with van der Waals surface area (Å²) in [5.41, 5.74) is 3.70. The summed E-state index contributed by atoms with van der Waals surface area (Å²) >= 11 is 0. The van der Waals surface area contributed by atoms with E-state index in [-0.39, 0.29) is 11.8 Å². The smallest absolute Gasteiger partial charge is 0.259 e. The molecule has 33 heavy (non-hydrogen) atoms. The van der Waals surface area contributed by atoms with Gasteiger partial charge in [0.1, 0.15) is 6.04 Å². The molecule has 2 amide bonds. The second-order valence-electron chi connectivity index (χ2n) is 7.69. The summed E-state index contributed by atoms with van der Waals surface area (Å²) in [7, 11) is 0. The van der Waals surface area contributed by atoms with Crippen LogP contribution < -0.4 is 10.6 Å². The van der Waals surface area contributed by atoms with Gasteiger partial charge in [0, 0.05) is 23.8 Å². The molecule has 0 aliphatic carbocycles. The molecule has 1 atom stereocenters. The number of benzene rings is 2. The van der Waals surface area contributed by atoms with E-state index in [1.165, 1.54) is 0 Å². The fourth-order valence-corrected chi connectivity index (χ4v) is 3.62. The Morgan fingerprint density at radius 2 is 1.73 bits per heavy atom. The van der Waals surface area contributed by atoms with Gasteiger partial charge in [-0.3, -0.25) is 19.0 Å². The zero-order valence-electron chi connectivity index (χ0n) is 18.6. The maximum atomic E-state index is 13.0. The van der Waals surface area contributed by atoms with Gasteiger partial charge in [-0.15, -0.1) is 0 Å². The molecule has 4 rings (SSSR count). The van der Waals surface area contributed by atoms with Crippen molar-refractivity contribution >= 4 is 23.2 Å². The highest BCUT2D eigenvalue weighted by Gasteiger charge is 2.18. The molecule has 0 saturated carbocycles. The van der Waals surface area contributed by atoms with Crippen molar-refractivity contribution in [3.63, 3.8) is 0 Å². The van der Waals surface area contributed by atoms with Crippen LogP contribution in [0.1, 0.15) is 41.5 Å². The van der Waals surface area contributed by atoms with Crippen LogP contribution in [0.25, 0.3) is 0 Å². The molecule has 1 unspecified atom stereocenters. The molecule has 2 aromatic heterocycles. The predicted molar refractivity (Wildman–Crippen MR) is 127 cm³/mol. The van der Waals surface area contributed by atoms with E-state index in [1.807, 2.05) is 41.9 Å². The van der Waals surface area contributed by atoms with Crippen molar-refractivity contribution in [1.82, 2.24) is 19.6 Å². The van der Waals surface area contributed by atoms with Gasteiger partial charge in [0.05, 0.1) is 24.0 Å². The molecule has 2 heterocycles. The SMILES string of the molecule is CCc1c(C(=O)Nc2cccc(NC(=O)C(C)n3cccn3)c2)cnn1Cc1ccccc1. The summed E-state index contributed by atoms with van der Waals surface area (Å²) in [6.07, 6.45) is 5.65. The molecular weight excluding hydrogens is 416 g/mol. The summed E-state index contributed by atoms with van der Waals surface area (Å²) in [5.74, 6) is -0.433. The van der Waals surface area contributed by atoms with Gasteiger partial charge in [0.2, 0.25) is 5.91 Å². The summed E-state index contributed by atoms with van der Waals surface area (Å²) in [6, 6.07) is 18.4. The number of nitrogens with zero attached hydrogens (tertiary/aromatic N) is 4. The van der Waals surface area contributed by atoms with Gasteiger partial charge in [0.25, 0.3) is 5.91 Å². The number of aromatic nitrogens is 4. The van der Waals surface area contributed by atoms with Crippen LogP contribution in [0, 0.1) is 0 Å². The number of rotatable bonds is 8. The lowest BCUT2D eigenvalue weighted by Crippen LogP contribution is -2.24. The first-order valence-electron chi connectivity index (χ1n) is 10.8. The highest BCUT2D eigenvalue weighted by Crippen LogP contribution is 2.19. The molecule has 0 aliphatic rings. The molecule has 8 nitrogen and oxygen atoms in total. The van der Waals surface area contributed by atoms with E-state index in [1.54, 1.807) is 60.5 Å². The predicted octanol–water partition coefficient (Wildman–Crippen LogP) is 4.14. The lowest BCUT2D eigenvalue weighted by Gasteiger charge is -2.13. The molecule has 0 spiro atoms. The van der Waals surface area contributed by atoms with Gasteiger partial charge in [-0.25, -0.2) is 0 Å². The molecule has 168 valence electrons. The number of hydrogen-bond acceptors (Lipinski definition) is 4. The van der Waals surface area contributed by atoms with E-state index in [9.17, 15) is 9.59 Å². The first-order chi connectivity index (χ1) is 16.0. The first-order valence-corrected chi connectivity index (χ1v) is 10.8. The number of hydrogen-bond donors (Lipinski definition) is 2. The minimum atomic E-state index is -0.458.